The number of aliphatic hydroxyl groups is 1. The minimum Gasteiger partial charge on any atom is -0.456 e. The Labute approximate surface area is 209 Å². The Bertz CT molecular complexity index is 1720. The lowest BCUT2D eigenvalue weighted by Crippen LogP contribution is -2.49. The van der Waals surface area contributed by atoms with Gasteiger partial charge in [-0.1, -0.05) is 60.7 Å². The standard InChI is InChI=1S/C30H26BO3S/c1-29(2,32)30(3,4)34-31-22-14-9-16-24-27(22)26-19(11-8-15-23(26)33-24)21-13-7-12-20-18-10-5-6-17-25(18)35-28(20)21/h5-17,32H,1-4H3. The lowest BCUT2D eigenvalue weighted by atomic mass is 9.80. The lowest BCUT2D eigenvalue weighted by Gasteiger charge is -2.37. The molecule has 1 N–H and O–H groups in total. The van der Waals surface area contributed by atoms with E-state index in [1.165, 1.54) is 25.7 Å². The summed E-state index contributed by atoms with van der Waals surface area (Å²) in [4.78, 5) is 0. The molecule has 0 amide bonds. The first-order chi connectivity index (χ1) is 16.7. The molecule has 4 aromatic carbocycles. The average molecular weight is 477 g/mol. The molecule has 1 radical (unpaired) electrons. The van der Waals surface area contributed by atoms with E-state index in [2.05, 4.69) is 54.6 Å². The van der Waals surface area contributed by atoms with Crippen LogP contribution in [0.1, 0.15) is 27.7 Å². The molecule has 0 atom stereocenters. The molecule has 0 fully saturated rings. The Morgan fingerprint density at radius 2 is 1.40 bits per heavy atom. The van der Waals surface area contributed by atoms with E-state index in [1.54, 1.807) is 21.3 Å². The van der Waals surface area contributed by atoms with Crippen LogP contribution in [0.2, 0.25) is 0 Å². The van der Waals surface area contributed by atoms with Crippen LogP contribution < -0.4 is 5.46 Å². The van der Waals surface area contributed by atoms with Crippen molar-refractivity contribution in [2.24, 2.45) is 0 Å². The Morgan fingerprint density at radius 3 is 2.20 bits per heavy atom. The molecule has 0 saturated carbocycles. The first kappa shape index (κ1) is 22.4. The van der Waals surface area contributed by atoms with Gasteiger partial charge in [0.2, 0.25) is 0 Å². The first-order valence-electron chi connectivity index (χ1n) is 11.8. The SMILES string of the molecule is CC(C)(O)C(C)(C)O[B]c1cccc2oc3cccc(-c4cccc5c4sc4ccccc45)c3c12. The summed E-state index contributed by atoms with van der Waals surface area (Å²) in [6.45, 7) is 7.31. The molecular formula is C30H26BO3S. The molecule has 0 unspecified atom stereocenters. The second-order valence-corrected chi connectivity index (χ2v) is 11.1. The zero-order valence-electron chi connectivity index (χ0n) is 20.3. The summed E-state index contributed by atoms with van der Waals surface area (Å²) in [5, 5.41) is 15.2. The maximum Gasteiger partial charge on any atom is 0.331 e. The minimum absolute atomic E-state index is 0.764. The van der Waals surface area contributed by atoms with Crippen molar-refractivity contribution in [3.8, 4) is 11.1 Å². The van der Waals surface area contributed by atoms with Gasteiger partial charge >= 0.3 is 7.48 Å². The molecular weight excluding hydrogens is 451 g/mol. The number of furan rings is 1. The summed E-state index contributed by atoms with van der Waals surface area (Å²) >= 11 is 1.83. The highest BCUT2D eigenvalue weighted by molar-refractivity contribution is 7.26. The molecule has 0 bridgehead atoms. The van der Waals surface area contributed by atoms with Gasteiger partial charge in [0.25, 0.3) is 0 Å². The van der Waals surface area contributed by atoms with E-state index in [0.717, 1.165) is 33.0 Å². The third-order valence-corrected chi connectivity index (χ3v) is 8.42. The van der Waals surface area contributed by atoms with Crippen LogP contribution in [0.15, 0.2) is 83.3 Å². The Kier molecular flexibility index (Phi) is 5.08. The van der Waals surface area contributed by atoms with Crippen LogP contribution in [0.3, 0.4) is 0 Å². The van der Waals surface area contributed by atoms with E-state index >= 15 is 0 Å². The van der Waals surface area contributed by atoms with Gasteiger partial charge in [0.1, 0.15) is 11.2 Å². The highest BCUT2D eigenvalue weighted by atomic mass is 32.1. The highest BCUT2D eigenvalue weighted by Crippen LogP contribution is 2.43. The minimum atomic E-state index is -1.00. The van der Waals surface area contributed by atoms with Gasteiger partial charge in [0, 0.05) is 36.5 Å². The van der Waals surface area contributed by atoms with Gasteiger partial charge < -0.3 is 14.2 Å². The van der Waals surface area contributed by atoms with Crippen LogP contribution in [0.25, 0.3) is 53.2 Å². The molecule has 6 aromatic rings. The van der Waals surface area contributed by atoms with Gasteiger partial charge in [-0.15, -0.1) is 11.3 Å². The predicted octanol–water partition coefficient (Wildman–Crippen LogP) is 7.43. The molecule has 0 aliphatic heterocycles. The Hall–Kier alpha value is -3.12. The number of thiophene rings is 1. The maximum absolute atomic E-state index is 10.6. The molecule has 173 valence electrons. The van der Waals surface area contributed by atoms with Gasteiger partial charge in [-0.25, -0.2) is 0 Å². The number of rotatable bonds is 5. The van der Waals surface area contributed by atoms with Crippen molar-refractivity contribution >= 4 is 66.4 Å². The van der Waals surface area contributed by atoms with Crippen molar-refractivity contribution in [2.75, 3.05) is 0 Å². The molecule has 6 rings (SSSR count). The summed E-state index contributed by atoms with van der Waals surface area (Å²) in [6, 6.07) is 27.4. The van der Waals surface area contributed by atoms with Gasteiger partial charge in [0.15, 0.2) is 0 Å². The number of fused-ring (bicyclic) bond motifs is 6. The number of hydrogen-bond acceptors (Lipinski definition) is 4. The number of benzene rings is 4. The lowest BCUT2D eigenvalue weighted by molar-refractivity contribution is -0.0893. The van der Waals surface area contributed by atoms with E-state index in [-0.39, 0.29) is 0 Å². The third kappa shape index (κ3) is 3.58. The molecule has 5 heteroatoms. The molecule has 0 spiro atoms. The first-order valence-corrected chi connectivity index (χ1v) is 12.6. The molecule has 0 aliphatic rings. The second kappa shape index (κ2) is 7.96. The zero-order valence-corrected chi connectivity index (χ0v) is 21.1. The van der Waals surface area contributed by atoms with Crippen molar-refractivity contribution in [1.29, 1.82) is 0 Å². The Morgan fingerprint density at radius 1 is 0.743 bits per heavy atom. The quantitative estimate of drug-likeness (QED) is 0.263. The molecule has 0 aliphatic carbocycles. The van der Waals surface area contributed by atoms with E-state index in [9.17, 15) is 5.11 Å². The molecule has 2 aromatic heterocycles. The molecule has 2 heterocycles. The fourth-order valence-electron chi connectivity index (χ4n) is 4.53. The third-order valence-electron chi connectivity index (χ3n) is 7.20. The van der Waals surface area contributed by atoms with Gasteiger partial charge in [-0.05, 0) is 56.9 Å². The summed E-state index contributed by atoms with van der Waals surface area (Å²) in [7, 11) is 1.76. The average Bonchev–Trinajstić information content (AvgIpc) is 3.40. The summed E-state index contributed by atoms with van der Waals surface area (Å²) < 4.78 is 15.0. The Balaban J connectivity index is 1.58. The predicted molar refractivity (Wildman–Crippen MR) is 149 cm³/mol. The van der Waals surface area contributed by atoms with Crippen molar-refractivity contribution in [3.63, 3.8) is 0 Å². The van der Waals surface area contributed by atoms with Crippen LogP contribution in [0.4, 0.5) is 0 Å². The fourth-order valence-corrected chi connectivity index (χ4v) is 5.76. The van der Waals surface area contributed by atoms with Gasteiger partial charge in [-0.3, -0.25) is 0 Å². The largest absolute Gasteiger partial charge is 0.456 e. The van der Waals surface area contributed by atoms with E-state index in [4.69, 9.17) is 9.07 Å². The summed E-state index contributed by atoms with van der Waals surface area (Å²) in [6.07, 6.45) is 0. The molecule has 3 nitrogen and oxygen atoms in total. The maximum atomic E-state index is 10.6. The monoisotopic (exact) mass is 477 g/mol. The van der Waals surface area contributed by atoms with Crippen molar-refractivity contribution in [1.82, 2.24) is 0 Å². The van der Waals surface area contributed by atoms with Gasteiger partial charge in [-0.2, -0.15) is 0 Å². The van der Waals surface area contributed by atoms with Crippen LogP contribution in [0.5, 0.6) is 0 Å². The molecule has 35 heavy (non-hydrogen) atoms. The number of hydrogen-bond donors (Lipinski definition) is 1. The summed E-state index contributed by atoms with van der Waals surface area (Å²) in [5.74, 6) is 0. The molecule has 0 saturated heterocycles. The van der Waals surface area contributed by atoms with Crippen LogP contribution in [-0.4, -0.2) is 23.8 Å². The van der Waals surface area contributed by atoms with Crippen molar-refractivity contribution in [3.05, 3.63) is 78.9 Å². The van der Waals surface area contributed by atoms with Crippen LogP contribution in [-0.2, 0) is 4.65 Å². The van der Waals surface area contributed by atoms with Gasteiger partial charge in [0.05, 0.1) is 11.2 Å². The van der Waals surface area contributed by atoms with E-state index < -0.39 is 11.2 Å². The normalized spacial score (nSPS) is 12.8. The second-order valence-electron chi connectivity index (χ2n) is 10.1. The van der Waals surface area contributed by atoms with Crippen LogP contribution >= 0.6 is 11.3 Å². The zero-order chi connectivity index (χ0) is 24.4. The summed E-state index contributed by atoms with van der Waals surface area (Å²) in [5.41, 5.74) is 3.16. The van der Waals surface area contributed by atoms with E-state index in [1.807, 2.05) is 49.4 Å². The van der Waals surface area contributed by atoms with Crippen molar-refractivity contribution in [2.45, 2.75) is 38.9 Å². The van der Waals surface area contributed by atoms with Crippen LogP contribution in [0, 0.1) is 0 Å². The smallest absolute Gasteiger partial charge is 0.331 e. The topological polar surface area (TPSA) is 42.6 Å². The highest BCUT2D eigenvalue weighted by Gasteiger charge is 2.36. The van der Waals surface area contributed by atoms with Crippen molar-refractivity contribution < 1.29 is 14.2 Å². The van der Waals surface area contributed by atoms with E-state index in [0.29, 0.717) is 0 Å². The fraction of sp³-hybridized carbons (Fsp3) is 0.200.